The molecule has 0 aliphatic heterocycles. The highest BCUT2D eigenvalue weighted by atomic mass is 35.5. The number of hydrogen-bond acceptors (Lipinski definition) is 14. The lowest BCUT2D eigenvalue weighted by molar-refractivity contribution is 0.407. The molecule has 8 rings (SSSR count). The fourth-order valence-electron chi connectivity index (χ4n) is 5.93. The van der Waals surface area contributed by atoms with Crippen molar-refractivity contribution in [3.63, 3.8) is 0 Å². The van der Waals surface area contributed by atoms with Gasteiger partial charge in [-0.2, -0.15) is 14.6 Å². The number of aromatic amines is 4. The highest BCUT2D eigenvalue weighted by Crippen LogP contribution is 2.41. The molecule has 2 aromatic carbocycles. The molecule has 2 fully saturated rings. The van der Waals surface area contributed by atoms with Crippen LogP contribution in [0.25, 0.3) is 11.4 Å². The highest BCUT2D eigenvalue weighted by Gasteiger charge is 2.25. The zero-order chi connectivity index (χ0) is 42.1. The molecule has 0 atom stereocenters. The summed E-state index contributed by atoms with van der Waals surface area (Å²) in [4.78, 5) is 74.9. The van der Waals surface area contributed by atoms with Crippen LogP contribution in [-0.2, 0) is 0 Å². The van der Waals surface area contributed by atoms with Crippen molar-refractivity contribution in [1.29, 1.82) is 5.26 Å². The minimum absolute atomic E-state index is 0.0223. The van der Waals surface area contributed by atoms with Gasteiger partial charge in [0, 0.05) is 23.3 Å². The van der Waals surface area contributed by atoms with Gasteiger partial charge in [0.15, 0.2) is 11.5 Å². The Labute approximate surface area is 348 Å². The second kappa shape index (κ2) is 16.8. The Balaban J connectivity index is 0.000000179. The van der Waals surface area contributed by atoms with E-state index in [9.17, 15) is 28.8 Å². The molecule has 0 bridgehead atoms. The fraction of sp³-hybridized carbons (Fsp3) is 0.229. The summed E-state index contributed by atoms with van der Waals surface area (Å²) in [6, 6.07) is 10.1. The Hall–Kier alpha value is -6.53. The van der Waals surface area contributed by atoms with Gasteiger partial charge in [0.1, 0.15) is 6.07 Å². The maximum absolute atomic E-state index is 12.0. The van der Waals surface area contributed by atoms with E-state index >= 15 is 0 Å². The molecule has 6 aromatic rings. The van der Waals surface area contributed by atoms with E-state index in [1.54, 1.807) is 18.2 Å². The first-order valence-corrected chi connectivity index (χ1v) is 18.9. The van der Waals surface area contributed by atoms with Gasteiger partial charge in [-0.3, -0.25) is 29.1 Å². The molecule has 20 nitrogen and oxygen atoms in total. The van der Waals surface area contributed by atoms with Crippen molar-refractivity contribution in [3.8, 4) is 40.7 Å². The van der Waals surface area contributed by atoms with Crippen LogP contribution in [0, 0.1) is 11.3 Å². The quantitative estimate of drug-likeness (QED) is 0.143. The maximum atomic E-state index is 12.0. The number of nitrogens with one attached hydrogen (secondary N) is 4. The molecule has 59 heavy (non-hydrogen) atoms. The molecule has 6 N–H and O–H groups in total. The van der Waals surface area contributed by atoms with Gasteiger partial charge in [-0.1, -0.05) is 59.2 Å². The van der Waals surface area contributed by atoms with E-state index in [2.05, 4.69) is 30.6 Å². The van der Waals surface area contributed by atoms with Crippen LogP contribution in [0.1, 0.15) is 67.2 Å². The van der Waals surface area contributed by atoms with E-state index in [1.165, 1.54) is 24.3 Å². The number of ether oxygens (including phenoxy) is 2. The Kier molecular flexibility index (Phi) is 11.5. The first kappa shape index (κ1) is 40.7. The SMILES string of the molecule is N#Cc1nn(-c2cc(Cl)c(Oc3cc(C4CCC4)c(=O)[nH]n3)c(Cl)c2)c(=O)[nH]c1=O.Nc1nn(-c2cc(Cl)c(Oc3cc(C4CCC4)c(=O)[nH]n3)c(Cl)c2)c(=O)[nH]c1=O. The summed E-state index contributed by atoms with van der Waals surface area (Å²) in [5, 5.41) is 29.1. The molecular weight excluding hydrogens is 858 g/mol. The number of H-pyrrole nitrogens is 4. The zero-order valence-corrected chi connectivity index (χ0v) is 32.9. The molecule has 24 heteroatoms. The Bertz CT molecular complexity index is 3010. The largest absolute Gasteiger partial charge is 0.434 e. The number of hydrogen-bond donors (Lipinski definition) is 5. The Morgan fingerprint density at radius 3 is 1.42 bits per heavy atom. The molecule has 0 radical (unpaired) electrons. The number of halogens is 4. The van der Waals surface area contributed by atoms with Crippen LogP contribution >= 0.6 is 46.4 Å². The van der Waals surface area contributed by atoms with Gasteiger partial charge in [0.25, 0.3) is 22.2 Å². The number of nitrogens with two attached hydrogens (primary N) is 1. The number of rotatable bonds is 8. The highest BCUT2D eigenvalue weighted by molar-refractivity contribution is 6.38. The summed E-state index contributed by atoms with van der Waals surface area (Å²) in [5.74, 6) is 0.339. The second-order valence-corrected chi connectivity index (χ2v) is 14.7. The molecular formula is C35H26Cl4N12O8. The third-order valence-corrected chi connectivity index (χ3v) is 10.5. The molecule has 4 heterocycles. The summed E-state index contributed by atoms with van der Waals surface area (Å²) < 4.78 is 13.0. The van der Waals surface area contributed by atoms with E-state index in [0.29, 0.717) is 11.1 Å². The van der Waals surface area contributed by atoms with Crippen LogP contribution in [0.3, 0.4) is 0 Å². The lowest BCUT2D eigenvalue weighted by Gasteiger charge is -2.24. The van der Waals surface area contributed by atoms with Gasteiger partial charge in [0.2, 0.25) is 23.3 Å². The van der Waals surface area contributed by atoms with Crippen molar-refractivity contribution in [2.75, 3.05) is 5.73 Å². The first-order chi connectivity index (χ1) is 28.2. The standard InChI is InChI=1S/C18H12Cl2N6O4.C17H14Cl2N6O4/c19-11-4-9(26-18(29)22-17(28)13(7-21)25-26)5-12(20)15(11)30-14-6-10(8-2-1-3-8)16(27)24-23-14;18-10-4-8(25-17(28)21-16(27)14(20)24-25)5-11(19)13(10)29-12-6-9(7-2-1-3-7)15(26)23-22-12/h4-6,8H,1-3H2,(H,24,27)(H,22,28,29);4-7H,1-3H2,(H2,20,24)(H,23,26)(H,21,27,28). The average Bonchev–Trinajstić information content (AvgIpc) is 3.14. The van der Waals surface area contributed by atoms with Crippen molar-refractivity contribution >= 4 is 52.2 Å². The maximum Gasteiger partial charge on any atom is 0.349 e. The van der Waals surface area contributed by atoms with Gasteiger partial charge in [-0.15, -0.1) is 20.4 Å². The summed E-state index contributed by atoms with van der Waals surface area (Å²) in [5.41, 5.74) is 2.54. The number of nitrogens with zero attached hydrogens (tertiary/aromatic N) is 7. The van der Waals surface area contributed by atoms with Gasteiger partial charge in [0.05, 0.1) is 31.5 Å². The lowest BCUT2D eigenvalue weighted by atomic mass is 9.81. The van der Waals surface area contributed by atoms with Crippen LogP contribution in [0.2, 0.25) is 20.1 Å². The van der Waals surface area contributed by atoms with Crippen LogP contribution in [0.15, 0.2) is 65.2 Å². The molecule has 4 aromatic heterocycles. The van der Waals surface area contributed by atoms with Crippen LogP contribution in [0.5, 0.6) is 23.3 Å². The van der Waals surface area contributed by atoms with Crippen LogP contribution < -0.4 is 48.8 Å². The monoisotopic (exact) mass is 882 g/mol. The molecule has 2 saturated carbocycles. The molecule has 0 saturated heterocycles. The van der Waals surface area contributed by atoms with Crippen molar-refractivity contribution < 1.29 is 9.47 Å². The lowest BCUT2D eigenvalue weighted by Crippen LogP contribution is -2.33. The summed E-state index contributed by atoms with van der Waals surface area (Å²) in [6.07, 6.45) is 5.86. The third kappa shape index (κ3) is 8.54. The molecule has 302 valence electrons. The van der Waals surface area contributed by atoms with Crippen molar-refractivity contribution in [2.45, 2.75) is 50.4 Å². The van der Waals surface area contributed by atoms with Crippen LogP contribution in [0.4, 0.5) is 5.82 Å². The smallest absolute Gasteiger partial charge is 0.349 e. The number of benzene rings is 2. The Morgan fingerprint density at radius 2 is 1.03 bits per heavy atom. The minimum atomic E-state index is -0.901. The molecule has 0 unspecified atom stereocenters. The predicted octanol–water partition coefficient (Wildman–Crippen LogP) is 4.20. The van der Waals surface area contributed by atoms with Crippen molar-refractivity contribution in [1.82, 2.24) is 49.9 Å². The molecule has 2 aliphatic carbocycles. The van der Waals surface area contributed by atoms with Gasteiger partial charge < -0.3 is 15.2 Å². The van der Waals surface area contributed by atoms with E-state index in [1.807, 2.05) is 9.97 Å². The fourth-order valence-corrected chi connectivity index (χ4v) is 7.04. The third-order valence-electron chi connectivity index (χ3n) is 9.36. The molecule has 2 aliphatic rings. The topological polar surface area (TPSA) is 295 Å². The number of nitriles is 1. The van der Waals surface area contributed by atoms with Crippen molar-refractivity contribution in [2.24, 2.45) is 0 Å². The zero-order valence-electron chi connectivity index (χ0n) is 29.8. The van der Waals surface area contributed by atoms with Gasteiger partial charge in [-0.05, 0) is 61.8 Å². The van der Waals surface area contributed by atoms with Gasteiger partial charge >= 0.3 is 11.4 Å². The average molecular weight is 884 g/mol. The summed E-state index contributed by atoms with van der Waals surface area (Å²) in [6.45, 7) is 0. The van der Waals surface area contributed by atoms with E-state index in [0.717, 1.165) is 47.9 Å². The van der Waals surface area contributed by atoms with Gasteiger partial charge in [-0.25, -0.2) is 19.8 Å². The van der Waals surface area contributed by atoms with Crippen molar-refractivity contribution in [3.05, 3.63) is 136 Å². The van der Waals surface area contributed by atoms with E-state index < -0.39 is 34.0 Å². The molecule has 0 amide bonds. The van der Waals surface area contributed by atoms with Crippen LogP contribution in [-0.4, -0.2) is 49.9 Å². The summed E-state index contributed by atoms with van der Waals surface area (Å²) >= 11 is 25.1. The second-order valence-electron chi connectivity index (χ2n) is 13.1. The number of anilines is 1. The molecule has 0 spiro atoms. The predicted molar refractivity (Wildman–Crippen MR) is 213 cm³/mol. The summed E-state index contributed by atoms with van der Waals surface area (Å²) in [7, 11) is 0. The number of aromatic nitrogens is 10. The first-order valence-electron chi connectivity index (χ1n) is 17.4. The normalized spacial score (nSPS) is 13.7. The Morgan fingerprint density at radius 1 is 0.627 bits per heavy atom. The number of nitrogen functional groups attached to an aromatic ring is 1. The van der Waals surface area contributed by atoms with E-state index in [-0.39, 0.29) is 77.7 Å². The minimum Gasteiger partial charge on any atom is -0.434 e. The van der Waals surface area contributed by atoms with E-state index in [4.69, 9.17) is 66.9 Å².